The number of nitro groups is 1. The highest BCUT2D eigenvalue weighted by molar-refractivity contribution is 5.99. The van der Waals surface area contributed by atoms with Crippen LogP contribution in [0.5, 0.6) is 11.6 Å². The fourth-order valence-corrected chi connectivity index (χ4v) is 2.59. The fourth-order valence-electron chi connectivity index (χ4n) is 2.59. The van der Waals surface area contributed by atoms with Crippen molar-refractivity contribution in [2.24, 2.45) is 10.2 Å². The molecule has 0 aliphatic rings. The normalized spacial score (nSPS) is 10.9. The number of ether oxygens (including phenoxy) is 1. The summed E-state index contributed by atoms with van der Waals surface area (Å²) in [5, 5.41) is 30.6. The zero-order valence-corrected chi connectivity index (χ0v) is 15.1. The Labute approximate surface area is 163 Å². The first-order valence-electron chi connectivity index (χ1n) is 8.25. The molecule has 3 rings (SSSR count). The number of amides is 2. The lowest BCUT2D eigenvalue weighted by atomic mass is 10.2. The van der Waals surface area contributed by atoms with E-state index in [0.717, 1.165) is 0 Å². The Kier molecular flexibility index (Phi) is 5.49. The van der Waals surface area contributed by atoms with Crippen LogP contribution >= 0.6 is 0 Å². The Balaban J connectivity index is 1.72. The van der Waals surface area contributed by atoms with Crippen molar-refractivity contribution in [2.75, 3.05) is 13.7 Å². The maximum Gasteiger partial charge on any atom is 0.283 e. The summed E-state index contributed by atoms with van der Waals surface area (Å²) in [6.45, 7) is -0.441. The fraction of sp³-hybridized carbons (Fsp3) is 0.111. The Bertz CT molecular complexity index is 1140. The zero-order chi connectivity index (χ0) is 21.0. The predicted octanol–water partition coefficient (Wildman–Crippen LogP) is 2.83. The topological polar surface area (TPSA) is 159 Å². The molecule has 0 spiro atoms. The number of hydrogen-bond donors (Lipinski definition) is 3. The summed E-state index contributed by atoms with van der Waals surface area (Å²) in [6.07, 6.45) is 0. The number of H-pyrrole nitrogens is 1. The molecule has 0 radical (unpaired) electrons. The number of carbonyl (C=O) groups excluding carboxylic acids is 2. The van der Waals surface area contributed by atoms with Crippen LogP contribution in [0.25, 0.3) is 10.9 Å². The molecule has 1 heterocycles. The van der Waals surface area contributed by atoms with Gasteiger partial charge in [-0.3, -0.25) is 19.7 Å². The van der Waals surface area contributed by atoms with Gasteiger partial charge in [-0.25, -0.2) is 0 Å². The summed E-state index contributed by atoms with van der Waals surface area (Å²) >= 11 is 0. The molecule has 0 atom stereocenters. The first-order chi connectivity index (χ1) is 13.9. The van der Waals surface area contributed by atoms with Crippen molar-refractivity contribution in [3.05, 3.63) is 58.1 Å². The van der Waals surface area contributed by atoms with E-state index in [1.807, 2.05) is 0 Å². The average molecular weight is 397 g/mol. The molecule has 29 heavy (non-hydrogen) atoms. The lowest BCUT2D eigenvalue weighted by Gasteiger charge is -2.07. The number of nitrogens with one attached hydrogen (secondary N) is 2. The number of methoxy groups -OCH3 is 1. The average Bonchev–Trinajstić information content (AvgIpc) is 3.04. The third kappa shape index (κ3) is 4.18. The Morgan fingerprint density at radius 2 is 2.03 bits per heavy atom. The highest BCUT2D eigenvalue weighted by atomic mass is 16.6. The van der Waals surface area contributed by atoms with Crippen LogP contribution in [0, 0.1) is 10.1 Å². The van der Waals surface area contributed by atoms with Gasteiger partial charge in [0, 0.05) is 17.5 Å². The van der Waals surface area contributed by atoms with Gasteiger partial charge in [0.15, 0.2) is 5.69 Å². The van der Waals surface area contributed by atoms with Crippen molar-refractivity contribution in [3.8, 4) is 11.6 Å². The third-order valence-electron chi connectivity index (χ3n) is 3.96. The number of benzene rings is 2. The molecule has 11 nitrogen and oxygen atoms in total. The Morgan fingerprint density at radius 1 is 1.28 bits per heavy atom. The maximum absolute atomic E-state index is 12.2. The number of nitro benzene ring substituents is 1. The number of carbonyl (C=O) groups is 2. The SMILES string of the molecule is COc1ccccc1C(=O)NCC(=O)N=Nc1c(O)[nH]c2ccc([N+](=O)[O-])cc12. The Morgan fingerprint density at radius 3 is 2.76 bits per heavy atom. The molecule has 3 aromatic rings. The molecular formula is C18H15N5O6. The van der Waals surface area contributed by atoms with Gasteiger partial charge in [-0.15, -0.1) is 10.2 Å². The van der Waals surface area contributed by atoms with Crippen LogP contribution in [0.15, 0.2) is 52.7 Å². The molecule has 148 valence electrons. The lowest BCUT2D eigenvalue weighted by molar-refractivity contribution is -0.384. The molecule has 0 unspecified atom stereocenters. The number of fused-ring (bicyclic) bond motifs is 1. The molecule has 0 saturated heterocycles. The van der Waals surface area contributed by atoms with Gasteiger partial charge in [-0.05, 0) is 18.2 Å². The second-order valence-corrected chi connectivity index (χ2v) is 5.79. The molecule has 0 bridgehead atoms. The summed E-state index contributed by atoms with van der Waals surface area (Å²) in [5.41, 5.74) is 0.316. The number of nitrogens with zero attached hydrogens (tertiary/aromatic N) is 3. The quantitative estimate of drug-likeness (QED) is 0.329. The minimum absolute atomic E-state index is 0.117. The van der Waals surface area contributed by atoms with Gasteiger partial charge in [0.05, 0.1) is 23.1 Å². The molecule has 2 amide bonds. The van der Waals surface area contributed by atoms with E-state index < -0.39 is 29.2 Å². The van der Waals surface area contributed by atoms with Gasteiger partial charge in [-0.1, -0.05) is 12.1 Å². The highest BCUT2D eigenvalue weighted by Gasteiger charge is 2.16. The van der Waals surface area contributed by atoms with E-state index in [-0.39, 0.29) is 22.3 Å². The lowest BCUT2D eigenvalue weighted by Crippen LogP contribution is -2.28. The second-order valence-electron chi connectivity index (χ2n) is 5.79. The molecular weight excluding hydrogens is 382 g/mol. The van der Waals surface area contributed by atoms with E-state index in [4.69, 9.17) is 4.74 Å². The van der Waals surface area contributed by atoms with Gasteiger partial charge in [0.2, 0.25) is 5.88 Å². The molecule has 0 aliphatic carbocycles. The van der Waals surface area contributed by atoms with Crippen molar-refractivity contribution in [3.63, 3.8) is 0 Å². The standard InChI is InChI=1S/C18H15N5O6/c1-29-14-5-3-2-4-11(14)17(25)19-9-15(24)21-22-16-12-8-10(23(27)28)6-7-13(12)20-18(16)26/h2-8,20,26H,9H2,1H3,(H,19,25). The van der Waals surface area contributed by atoms with Gasteiger partial charge >= 0.3 is 0 Å². The number of aromatic nitrogens is 1. The number of non-ortho nitro benzene ring substituents is 1. The largest absolute Gasteiger partial charge is 0.496 e. The van der Waals surface area contributed by atoms with Crippen molar-refractivity contribution in [1.29, 1.82) is 0 Å². The van der Waals surface area contributed by atoms with E-state index >= 15 is 0 Å². The molecule has 11 heteroatoms. The van der Waals surface area contributed by atoms with Crippen molar-refractivity contribution >= 4 is 34.1 Å². The zero-order valence-electron chi connectivity index (χ0n) is 15.1. The molecule has 0 saturated carbocycles. The molecule has 2 aromatic carbocycles. The predicted molar refractivity (Wildman–Crippen MR) is 101 cm³/mol. The minimum atomic E-state index is -0.785. The number of para-hydroxylation sites is 1. The third-order valence-corrected chi connectivity index (χ3v) is 3.96. The van der Waals surface area contributed by atoms with Crippen LogP contribution in [-0.2, 0) is 4.79 Å². The van der Waals surface area contributed by atoms with E-state index in [9.17, 15) is 24.8 Å². The van der Waals surface area contributed by atoms with Crippen LogP contribution in [0.1, 0.15) is 10.4 Å². The van der Waals surface area contributed by atoms with Crippen LogP contribution < -0.4 is 10.1 Å². The number of azo groups is 1. The number of rotatable bonds is 6. The van der Waals surface area contributed by atoms with Crippen molar-refractivity contribution in [1.82, 2.24) is 10.3 Å². The molecule has 1 aromatic heterocycles. The first kappa shape index (κ1) is 19.5. The van der Waals surface area contributed by atoms with E-state index in [1.165, 1.54) is 31.4 Å². The number of hydrogen-bond acceptors (Lipinski definition) is 7. The highest BCUT2D eigenvalue weighted by Crippen LogP contribution is 2.37. The second kappa shape index (κ2) is 8.17. The first-order valence-corrected chi connectivity index (χ1v) is 8.25. The minimum Gasteiger partial charge on any atom is -0.496 e. The van der Waals surface area contributed by atoms with Crippen molar-refractivity contribution in [2.45, 2.75) is 0 Å². The molecule has 0 fully saturated rings. The summed E-state index contributed by atoms with van der Waals surface area (Å²) in [4.78, 5) is 37.0. The summed E-state index contributed by atoms with van der Waals surface area (Å²) < 4.78 is 5.08. The van der Waals surface area contributed by atoms with Gasteiger partial charge < -0.3 is 20.1 Å². The molecule has 0 aliphatic heterocycles. The van der Waals surface area contributed by atoms with E-state index in [2.05, 4.69) is 20.5 Å². The summed E-state index contributed by atoms with van der Waals surface area (Å²) in [7, 11) is 1.42. The van der Waals surface area contributed by atoms with Crippen LogP contribution in [0.4, 0.5) is 11.4 Å². The monoisotopic (exact) mass is 397 g/mol. The van der Waals surface area contributed by atoms with Crippen LogP contribution in [0.3, 0.4) is 0 Å². The van der Waals surface area contributed by atoms with Crippen molar-refractivity contribution < 1.29 is 24.4 Å². The van der Waals surface area contributed by atoms with Gasteiger partial charge in [0.1, 0.15) is 12.3 Å². The number of aromatic hydroxyl groups is 1. The molecule has 3 N–H and O–H groups in total. The van der Waals surface area contributed by atoms with E-state index in [0.29, 0.717) is 11.3 Å². The van der Waals surface area contributed by atoms with Gasteiger partial charge in [-0.2, -0.15) is 0 Å². The van der Waals surface area contributed by atoms with Crippen LogP contribution in [-0.4, -0.2) is 40.5 Å². The Hall–Kier alpha value is -4.28. The maximum atomic E-state index is 12.2. The van der Waals surface area contributed by atoms with Gasteiger partial charge in [0.25, 0.3) is 17.5 Å². The van der Waals surface area contributed by atoms with E-state index in [1.54, 1.807) is 18.2 Å². The van der Waals surface area contributed by atoms with Crippen LogP contribution in [0.2, 0.25) is 0 Å². The summed E-state index contributed by atoms with van der Waals surface area (Å²) in [6, 6.07) is 10.4. The smallest absolute Gasteiger partial charge is 0.283 e. The number of aromatic amines is 1. The summed E-state index contributed by atoms with van der Waals surface area (Å²) in [5.74, 6) is -1.36.